The van der Waals surface area contributed by atoms with Crippen LogP contribution in [0.3, 0.4) is 0 Å². The Labute approximate surface area is 334 Å². The molecular formula is C48H58N2O6. The average molecular weight is 759 g/mol. The van der Waals surface area contributed by atoms with E-state index in [0.29, 0.717) is 43.5 Å². The van der Waals surface area contributed by atoms with Gasteiger partial charge >= 0.3 is 5.97 Å². The SMILES string of the molecule is CCCCCCOc1ccc(N(c2ccc(/C=C/c3cc(OCCC)c(/C=C(/C#N)C(=O)O)cc3OCCC)cc2)c2ccc(OCCCCCC)cc2)cc1. The van der Waals surface area contributed by atoms with E-state index in [4.69, 9.17) is 18.9 Å². The molecule has 0 radical (unpaired) electrons. The number of hydrogen-bond donors (Lipinski definition) is 1. The Bertz CT molecular complexity index is 1820. The molecule has 0 bridgehead atoms. The molecule has 0 aromatic heterocycles. The molecular weight excluding hydrogens is 701 g/mol. The highest BCUT2D eigenvalue weighted by Crippen LogP contribution is 2.37. The van der Waals surface area contributed by atoms with Gasteiger partial charge in [-0.1, -0.05) is 90.5 Å². The maximum absolute atomic E-state index is 11.6. The molecule has 0 aliphatic rings. The standard InChI is InChI=1S/C48H58N2O6/c1-5-9-11-13-31-53-44-25-21-42(22-26-44)50(43-23-27-45(28-24-43)54-32-14-12-10-6-2)41-19-16-37(17-20-41)15-18-38-34-47(56-30-8-4)39(33-40(36-49)48(51)52)35-46(38)55-29-7-3/h15-28,33-35H,5-14,29-32H2,1-4H3,(H,51,52)/b18-15+,40-33-. The number of anilines is 3. The van der Waals surface area contributed by atoms with E-state index in [0.717, 1.165) is 65.4 Å². The molecule has 0 aliphatic carbocycles. The first-order chi connectivity index (χ1) is 27.4. The molecule has 0 aliphatic heterocycles. The highest BCUT2D eigenvalue weighted by molar-refractivity contribution is 5.97. The molecule has 296 valence electrons. The van der Waals surface area contributed by atoms with Crippen LogP contribution in [0.25, 0.3) is 18.2 Å². The summed E-state index contributed by atoms with van der Waals surface area (Å²) < 4.78 is 24.2. The molecule has 0 unspecified atom stereocenters. The number of carboxylic acids is 1. The van der Waals surface area contributed by atoms with Gasteiger partial charge in [-0.3, -0.25) is 0 Å². The van der Waals surface area contributed by atoms with E-state index in [1.165, 1.54) is 44.6 Å². The minimum atomic E-state index is -1.30. The van der Waals surface area contributed by atoms with Gasteiger partial charge in [0.2, 0.25) is 0 Å². The maximum atomic E-state index is 11.6. The molecule has 4 rings (SSSR count). The summed E-state index contributed by atoms with van der Waals surface area (Å²) >= 11 is 0. The van der Waals surface area contributed by atoms with Gasteiger partial charge in [0.05, 0.1) is 26.4 Å². The van der Waals surface area contributed by atoms with E-state index in [2.05, 4.69) is 67.3 Å². The molecule has 0 saturated carbocycles. The summed E-state index contributed by atoms with van der Waals surface area (Å²) in [4.78, 5) is 13.9. The van der Waals surface area contributed by atoms with Crippen molar-refractivity contribution in [1.29, 1.82) is 5.26 Å². The van der Waals surface area contributed by atoms with Gasteiger partial charge in [0.1, 0.15) is 34.6 Å². The van der Waals surface area contributed by atoms with Gasteiger partial charge in [-0.25, -0.2) is 4.79 Å². The summed E-state index contributed by atoms with van der Waals surface area (Å²) in [6.45, 7) is 10.8. The van der Waals surface area contributed by atoms with Crippen LogP contribution in [0.4, 0.5) is 17.1 Å². The maximum Gasteiger partial charge on any atom is 0.346 e. The second-order valence-electron chi connectivity index (χ2n) is 13.7. The van der Waals surface area contributed by atoms with Crippen molar-refractivity contribution in [3.8, 4) is 29.1 Å². The fourth-order valence-corrected chi connectivity index (χ4v) is 5.99. The molecule has 8 heteroatoms. The lowest BCUT2D eigenvalue weighted by Gasteiger charge is -2.26. The summed E-state index contributed by atoms with van der Waals surface area (Å²) in [7, 11) is 0. The number of nitrogens with zero attached hydrogens (tertiary/aromatic N) is 2. The van der Waals surface area contributed by atoms with Gasteiger partial charge < -0.3 is 29.0 Å². The van der Waals surface area contributed by atoms with E-state index in [9.17, 15) is 15.2 Å². The van der Waals surface area contributed by atoms with Gasteiger partial charge in [-0.05, 0) is 110 Å². The summed E-state index contributed by atoms with van der Waals surface area (Å²) in [6, 6.07) is 30.2. The first kappa shape index (κ1) is 43.1. The Morgan fingerprint density at radius 3 is 1.50 bits per heavy atom. The van der Waals surface area contributed by atoms with Crippen molar-refractivity contribution >= 4 is 41.3 Å². The molecule has 1 N–H and O–H groups in total. The van der Waals surface area contributed by atoms with Crippen LogP contribution < -0.4 is 23.8 Å². The molecule has 0 heterocycles. The summed E-state index contributed by atoms with van der Waals surface area (Å²) in [5, 5.41) is 18.9. The highest BCUT2D eigenvalue weighted by atomic mass is 16.5. The normalized spacial score (nSPS) is 11.3. The van der Waals surface area contributed by atoms with Crippen LogP contribution in [0, 0.1) is 11.3 Å². The number of aliphatic carboxylic acids is 1. The molecule has 0 fully saturated rings. The van der Waals surface area contributed by atoms with Crippen molar-refractivity contribution in [2.75, 3.05) is 31.3 Å². The number of rotatable bonds is 25. The zero-order chi connectivity index (χ0) is 40.0. The van der Waals surface area contributed by atoms with E-state index >= 15 is 0 Å². The number of benzene rings is 4. The molecule has 4 aromatic rings. The van der Waals surface area contributed by atoms with Gasteiger partial charge in [0.15, 0.2) is 0 Å². The zero-order valence-corrected chi connectivity index (χ0v) is 33.6. The number of ether oxygens (including phenoxy) is 4. The van der Waals surface area contributed by atoms with Gasteiger partial charge in [0, 0.05) is 28.2 Å². The van der Waals surface area contributed by atoms with Crippen molar-refractivity contribution in [1.82, 2.24) is 0 Å². The van der Waals surface area contributed by atoms with Crippen molar-refractivity contribution < 1.29 is 28.8 Å². The molecule has 4 aromatic carbocycles. The van der Waals surface area contributed by atoms with Gasteiger partial charge in [-0.2, -0.15) is 5.26 Å². The van der Waals surface area contributed by atoms with Crippen LogP contribution in [0.2, 0.25) is 0 Å². The Morgan fingerprint density at radius 1 is 0.589 bits per heavy atom. The smallest absolute Gasteiger partial charge is 0.346 e. The van der Waals surface area contributed by atoms with E-state index < -0.39 is 5.97 Å². The molecule has 56 heavy (non-hydrogen) atoms. The number of carbonyl (C=O) groups is 1. The van der Waals surface area contributed by atoms with Crippen LogP contribution in [0.5, 0.6) is 23.0 Å². The highest BCUT2D eigenvalue weighted by Gasteiger charge is 2.15. The van der Waals surface area contributed by atoms with Crippen LogP contribution >= 0.6 is 0 Å². The van der Waals surface area contributed by atoms with Crippen LogP contribution in [-0.2, 0) is 4.79 Å². The predicted octanol–water partition coefficient (Wildman–Crippen LogP) is 12.8. The number of nitriles is 1. The summed E-state index contributed by atoms with van der Waals surface area (Å²) in [5.74, 6) is 1.48. The van der Waals surface area contributed by atoms with Crippen LogP contribution in [0.1, 0.15) is 109 Å². The molecule has 0 saturated heterocycles. The minimum Gasteiger partial charge on any atom is -0.494 e. The Kier molecular flexibility index (Phi) is 18.4. The van der Waals surface area contributed by atoms with Crippen molar-refractivity contribution in [3.63, 3.8) is 0 Å². The fourth-order valence-electron chi connectivity index (χ4n) is 5.99. The minimum absolute atomic E-state index is 0.380. The second-order valence-corrected chi connectivity index (χ2v) is 13.7. The average Bonchev–Trinajstić information content (AvgIpc) is 3.22. The van der Waals surface area contributed by atoms with Crippen molar-refractivity contribution in [3.05, 3.63) is 107 Å². The third-order valence-corrected chi connectivity index (χ3v) is 9.05. The monoisotopic (exact) mass is 758 g/mol. The first-order valence-corrected chi connectivity index (χ1v) is 20.2. The number of hydrogen-bond acceptors (Lipinski definition) is 7. The third-order valence-electron chi connectivity index (χ3n) is 9.05. The summed E-state index contributed by atoms with van der Waals surface area (Å²) in [5.41, 5.74) is 4.86. The summed E-state index contributed by atoms with van der Waals surface area (Å²) in [6.07, 6.45) is 16.2. The van der Waals surface area contributed by atoms with Gasteiger partial charge in [-0.15, -0.1) is 0 Å². The lowest BCUT2D eigenvalue weighted by molar-refractivity contribution is -0.132. The Balaban J connectivity index is 1.63. The third kappa shape index (κ3) is 13.6. The lowest BCUT2D eigenvalue weighted by atomic mass is 10.0. The zero-order valence-electron chi connectivity index (χ0n) is 33.6. The Hall–Kier alpha value is -5.68. The van der Waals surface area contributed by atoms with Crippen molar-refractivity contribution in [2.45, 2.75) is 91.9 Å². The number of unbranched alkanes of at least 4 members (excludes halogenated alkanes) is 6. The molecule has 0 spiro atoms. The van der Waals surface area contributed by atoms with Crippen molar-refractivity contribution in [2.24, 2.45) is 0 Å². The van der Waals surface area contributed by atoms with E-state index in [1.54, 1.807) is 12.1 Å². The first-order valence-electron chi connectivity index (χ1n) is 20.2. The largest absolute Gasteiger partial charge is 0.494 e. The predicted molar refractivity (Wildman–Crippen MR) is 229 cm³/mol. The lowest BCUT2D eigenvalue weighted by Crippen LogP contribution is -2.10. The quantitative estimate of drug-likeness (QED) is 0.0308. The molecule has 0 atom stereocenters. The van der Waals surface area contributed by atoms with Gasteiger partial charge in [0.25, 0.3) is 0 Å². The van der Waals surface area contributed by atoms with E-state index in [1.807, 2.05) is 56.3 Å². The van der Waals surface area contributed by atoms with E-state index in [-0.39, 0.29) is 5.57 Å². The topological polar surface area (TPSA) is 101 Å². The van der Waals surface area contributed by atoms with Crippen LogP contribution in [-0.4, -0.2) is 37.5 Å². The fraction of sp³-hybridized carbons (Fsp3) is 0.375. The second kappa shape index (κ2) is 24.0. The van der Waals surface area contributed by atoms with Crippen LogP contribution in [0.15, 0.2) is 90.5 Å². The molecule has 8 nitrogen and oxygen atoms in total. The molecule has 0 amide bonds. The Morgan fingerprint density at radius 2 is 1.05 bits per heavy atom. The number of carboxylic acid groups (broad SMARTS) is 1.